The third kappa shape index (κ3) is 1.63. The van der Waals surface area contributed by atoms with Crippen molar-refractivity contribution >= 4 is 12.1 Å². The van der Waals surface area contributed by atoms with Crippen LogP contribution >= 0.6 is 0 Å². The second-order valence-corrected chi connectivity index (χ2v) is 6.21. The lowest BCUT2D eigenvalue weighted by Crippen LogP contribution is -2.40. The van der Waals surface area contributed by atoms with E-state index >= 15 is 0 Å². The molecule has 2 bridgehead atoms. The van der Waals surface area contributed by atoms with E-state index in [1.165, 1.54) is 0 Å². The van der Waals surface area contributed by atoms with Crippen molar-refractivity contribution in [3.63, 3.8) is 0 Å². The zero-order chi connectivity index (χ0) is 14.9. The molecule has 114 valence electrons. The van der Waals surface area contributed by atoms with Crippen molar-refractivity contribution in [1.29, 1.82) is 0 Å². The highest BCUT2D eigenvalue weighted by Crippen LogP contribution is 2.46. The van der Waals surface area contributed by atoms with E-state index in [0.717, 1.165) is 12.1 Å². The van der Waals surface area contributed by atoms with Gasteiger partial charge in [0, 0.05) is 13.0 Å². The average Bonchev–Trinajstić information content (AvgIpc) is 3.37. The van der Waals surface area contributed by atoms with E-state index in [1.54, 1.807) is 5.01 Å². The van der Waals surface area contributed by atoms with Gasteiger partial charge in [0.2, 0.25) is 0 Å². The van der Waals surface area contributed by atoms with Crippen molar-refractivity contribution < 1.29 is 19.1 Å². The Hall–Kier alpha value is -2.12. The quantitative estimate of drug-likeness (QED) is 0.442. The second kappa shape index (κ2) is 3.99. The highest BCUT2D eigenvalue weighted by atomic mass is 16.6. The number of hydrogen-bond donors (Lipinski definition) is 0. The predicted molar refractivity (Wildman–Crippen MR) is 73.8 cm³/mol. The molecule has 0 aromatic heterocycles. The molecule has 0 aliphatic carbocycles. The van der Waals surface area contributed by atoms with Crippen molar-refractivity contribution in [2.75, 3.05) is 26.2 Å². The van der Waals surface area contributed by atoms with E-state index in [1.807, 2.05) is 29.3 Å². The first-order valence-corrected chi connectivity index (χ1v) is 7.46. The van der Waals surface area contributed by atoms with Crippen LogP contribution in [0.25, 0.3) is 0 Å². The summed E-state index contributed by atoms with van der Waals surface area (Å²) in [6.45, 7) is 2.44. The number of nitrogens with zero attached hydrogens (tertiary/aromatic N) is 3. The Bertz CT molecular complexity index is 676. The molecule has 0 radical (unpaired) electrons. The molecule has 3 fully saturated rings. The van der Waals surface area contributed by atoms with Gasteiger partial charge in [0.15, 0.2) is 0 Å². The van der Waals surface area contributed by atoms with Gasteiger partial charge in [-0.15, -0.1) is 0 Å². The first-order chi connectivity index (χ1) is 10.7. The van der Waals surface area contributed by atoms with Gasteiger partial charge in [0.1, 0.15) is 17.9 Å². The summed E-state index contributed by atoms with van der Waals surface area (Å²) in [5, 5.41) is 3.58. The third-order valence-electron chi connectivity index (χ3n) is 4.86. The van der Waals surface area contributed by atoms with Crippen molar-refractivity contribution in [3.05, 3.63) is 29.8 Å². The summed E-state index contributed by atoms with van der Waals surface area (Å²) in [7, 11) is 0. The van der Waals surface area contributed by atoms with E-state index in [-0.39, 0.29) is 18.2 Å². The molecule has 1 spiro atoms. The van der Waals surface area contributed by atoms with Gasteiger partial charge in [-0.2, -0.15) is 5.01 Å². The molecular weight excluding hydrogens is 286 g/mol. The smallest absolute Gasteiger partial charge is 0.424 e. The number of esters is 1. The molecule has 5 aliphatic heterocycles. The number of carbonyl (C=O) groups excluding carboxylic acids is 2. The summed E-state index contributed by atoms with van der Waals surface area (Å²) in [5.74, 6) is 0.403. The zero-order valence-electron chi connectivity index (χ0n) is 11.9. The standard InChI is InChI=1S/C15H15N3O4/c19-13-15(7-10-1-3-11(22-13)4-2-10)9-16(15)12-8-18(12)17-5-6-21-14(17)20/h1-4,12H,5-9H2. The summed E-state index contributed by atoms with van der Waals surface area (Å²) >= 11 is 0. The van der Waals surface area contributed by atoms with Crippen molar-refractivity contribution in [1.82, 2.24) is 14.9 Å². The van der Waals surface area contributed by atoms with Crippen LogP contribution in [0.5, 0.6) is 5.75 Å². The lowest BCUT2D eigenvalue weighted by atomic mass is 9.98. The van der Waals surface area contributed by atoms with Crippen LogP contribution < -0.4 is 4.74 Å². The van der Waals surface area contributed by atoms with E-state index in [9.17, 15) is 9.59 Å². The Balaban J connectivity index is 1.36. The Morgan fingerprint density at radius 3 is 2.73 bits per heavy atom. The molecule has 1 amide bonds. The van der Waals surface area contributed by atoms with Gasteiger partial charge in [-0.1, -0.05) is 12.1 Å². The zero-order valence-corrected chi connectivity index (χ0v) is 11.9. The maximum atomic E-state index is 12.5. The topological polar surface area (TPSA) is 61.9 Å². The third-order valence-corrected chi connectivity index (χ3v) is 4.86. The molecule has 0 saturated carbocycles. The highest BCUT2D eigenvalue weighted by molar-refractivity contribution is 5.87. The van der Waals surface area contributed by atoms with Gasteiger partial charge in [-0.3, -0.25) is 4.90 Å². The fourth-order valence-corrected chi connectivity index (χ4v) is 3.52. The Morgan fingerprint density at radius 2 is 2.00 bits per heavy atom. The molecule has 6 rings (SSSR count). The van der Waals surface area contributed by atoms with Crippen LogP contribution in [0.1, 0.15) is 5.56 Å². The lowest BCUT2D eigenvalue weighted by Gasteiger charge is -2.21. The number of ether oxygens (including phenoxy) is 2. The van der Waals surface area contributed by atoms with E-state index in [2.05, 4.69) is 4.90 Å². The van der Waals surface area contributed by atoms with Gasteiger partial charge < -0.3 is 9.47 Å². The minimum Gasteiger partial charge on any atom is -0.447 e. The van der Waals surface area contributed by atoms with Crippen LogP contribution in [0.4, 0.5) is 4.79 Å². The van der Waals surface area contributed by atoms with Crippen molar-refractivity contribution in [2.45, 2.75) is 18.1 Å². The summed E-state index contributed by atoms with van der Waals surface area (Å²) < 4.78 is 10.4. The number of fused-ring (bicyclic) bond motifs is 3. The molecule has 22 heavy (non-hydrogen) atoms. The van der Waals surface area contributed by atoms with Crippen LogP contribution in [-0.4, -0.2) is 64.9 Å². The molecule has 5 heterocycles. The maximum absolute atomic E-state index is 12.5. The number of hydrazine groups is 1. The lowest BCUT2D eigenvalue weighted by molar-refractivity contribution is -0.139. The Morgan fingerprint density at radius 1 is 1.18 bits per heavy atom. The number of benzene rings is 1. The van der Waals surface area contributed by atoms with Gasteiger partial charge in [-0.25, -0.2) is 14.6 Å². The molecule has 7 heteroatoms. The Labute approximate surface area is 126 Å². The molecular formula is C15H15N3O4. The molecule has 4 unspecified atom stereocenters. The summed E-state index contributed by atoms with van der Waals surface area (Å²) in [5.41, 5.74) is 0.565. The number of amides is 1. The number of hydrogen-bond acceptors (Lipinski definition) is 6. The first-order valence-electron chi connectivity index (χ1n) is 7.46. The second-order valence-electron chi connectivity index (χ2n) is 6.21. The summed E-state index contributed by atoms with van der Waals surface area (Å²) in [6, 6.07) is 7.66. The predicted octanol–water partition coefficient (Wildman–Crippen LogP) is 0.211. The molecule has 0 N–H and O–H groups in total. The fourth-order valence-electron chi connectivity index (χ4n) is 3.52. The molecule has 3 saturated heterocycles. The van der Waals surface area contributed by atoms with Crippen LogP contribution in [0, 0.1) is 0 Å². The maximum Gasteiger partial charge on any atom is 0.424 e. The van der Waals surface area contributed by atoms with Gasteiger partial charge >= 0.3 is 12.1 Å². The van der Waals surface area contributed by atoms with Crippen LogP contribution in [0.2, 0.25) is 0 Å². The molecule has 5 aliphatic rings. The minimum absolute atomic E-state index is 0.0923. The summed E-state index contributed by atoms with van der Waals surface area (Å²) in [4.78, 5) is 26.2. The van der Waals surface area contributed by atoms with Crippen LogP contribution in [-0.2, 0) is 16.0 Å². The molecule has 1 aromatic rings. The number of cyclic esters (lactones) is 1. The normalized spacial score (nSPS) is 38.5. The van der Waals surface area contributed by atoms with E-state index in [0.29, 0.717) is 31.9 Å². The molecule has 1 aromatic carbocycles. The van der Waals surface area contributed by atoms with Gasteiger partial charge in [0.25, 0.3) is 0 Å². The van der Waals surface area contributed by atoms with E-state index < -0.39 is 5.54 Å². The van der Waals surface area contributed by atoms with Crippen LogP contribution in [0.15, 0.2) is 24.3 Å². The molecule has 4 atom stereocenters. The first kappa shape index (κ1) is 12.4. The Kier molecular flexibility index (Phi) is 2.26. The highest BCUT2D eigenvalue weighted by Gasteiger charge is 2.67. The van der Waals surface area contributed by atoms with Crippen molar-refractivity contribution in [2.24, 2.45) is 0 Å². The molecule has 7 nitrogen and oxygen atoms in total. The number of carbonyl (C=O) groups is 2. The SMILES string of the molecule is O=C1OCCN1N1CC1N1CC12Cc1ccc(cc1)OC2=O. The largest absolute Gasteiger partial charge is 0.447 e. The minimum atomic E-state index is -0.570. The van der Waals surface area contributed by atoms with Crippen molar-refractivity contribution in [3.8, 4) is 5.75 Å². The fraction of sp³-hybridized carbons (Fsp3) is 0.467. The number of rotatable bonds is 2. The summed E-state index contributed by atoms with van der Waals surface area (Å²) in [6.07, 6.45) is 0.448. The van der Waals surface area contributed by atoms with Gasteiger partial charge in [0.05, 0.1) is 19.3 Å². The van der Waals surface area contributed by atoms with E-state index in [4.69, 9.17) is 9.47 Å². The van der Waals surface area contributed by atoms with Crippen LogP contribution in [0.3, 0.4) is 0 Å². The monoisotopic (exact) mass is 301 g/mol. The average molecular weight is 301 g/mol. The van der Waals surface area contributed by atoms with Gasteiger partial charge in [-0.05, 0) is 17.7 Å².